The lowest BCUT2D eigenvalue weighted by Crippen LogP contribution is -2.37. The molecule has 0 aliphatic carbocycles. The molecule has 0 aromatic carbocycles. The van der Waals surface area contributed by atoms with E-state index in [0.29, 0.717) is 0 Å². The summed E-state index contributed by atoms with van der Waals surface area (Å²) in [4.78, 5) is 6.47. The van der Waals surface area contributed by atoms with Crippen LogP contribution in [-0.2, 0) is 0 Å². The Morgan fingerprint density at radius 2 is 2.23 bits per heavy atom. The van der Waals surface area contributed by atoms with Crippen LogP contribution in [0.2, 0.25) is 0 Å². The van der Waals surface area contributed by atoms with Crippen LogP contribution in [0.5, 0.6) is 0 Å². The predicted molar refractivity (Wildman–Crippen MR) is 51.7 cm³/mol. The van der Waals surface area contributed by atoms with Gasteiger partial charge in [-0.3, -0.25) is 4.98 Å². The lowest BCUT2D eigenvalue weighted by molar-refractivity contribution is 0.194. The van der Waals surface area contributed by atoms with E-state index >= 15 is 0 Å². The molecule has 0 radical (unpaired) electrons. The van der Waals surface area contributed by atoms with Gasteiger partial charge in [0.05, 0.1) is 23.7 Å². The SMILES string of the molecule is C[C@H](O)c1ccc(N2CCC2)cn1. The molecule has 0 saturated carbocycles. The number of aliphatic hydroxyl groups is 1. The number of hydrogen-bond acceptors (Lipinski definition) is 3. The minimum atomic E-state index is -0.467. The van der Waals surface area contributed by atoms with Crippen LogP contribution in [0.3, 0.4) is 0 Å². The van der Waals surface area contributed by atoms with Crippen molar-refractivity contribution in [3.8, 4) is 0 Å². The third-order valence-corrected chi connectivity index (χ3v) is 2.42. The minimum Gasteiger partial charge on any atom is -0.387 e. The Labute approximate surface area is 78.0 Å². The van der Waals surface area contributed by atoms with Crippen molar-refractivity contribution in [1.29, 1.82) is 0 Å². The molecule has 1 fully saturated rings. The highest BCUT2D eigenvalue weighted by Crippen LogP contribution is 2.20. The summed E-state index contributed by atoms with van der Waals surface area (Å²) < 4.78 is 0. The Morgan fingerprint density at radius 1 is 1.46 bits per heavy atom. The van der Waals surface area contributed by atoms with Crippen molar-refractivity contribution in [2.75, 3.05) is 18.0 Å². The fraction of sp³-hybridized carbons (Fsp3) is 0.500. The molecule has 3 heteroatoms. The van der Waals surface area contributed by atoms with Crippen LogP contribution in [0.4, 0.5) is 5.69 Å². The number of anilines is 1. The molecule has 1 aliphatic rings. The molecular formula is C10H14N2O. The zero-order chi connectivity index (χ0) is 9.26. The smallest absolute Gasteiger partial charge is 0.0931 e. The molecule has 1 aromatic heterocycles. The van der Waals surface area contributed by atoms with Crippen molar-refractivity contribution in [2.45, 2.75) is 19.4 Å². The van der Waals surface area contributed by atoms with Crippen LogP contribution in [-0.4, -0.2) is 23.2 Å². The van der Waals surface area contributed by atoms with E-state index in [1.165, 1.54) is 6.42 Å². The van der Waals surface area contributed by atoms with Crippen LogP contribution in [0.1, 0.15) is 25.1 Å². The van der Waals surface area contributed by atoms with Gasteiger partial charge in [0.15, 0.2) is 0 Å². The second-order valence-corrected chi connectivity index (χ2v) is 3.46. The van der Waals surface area contributed by atoms with Gasteiger partial charge in [0.25, 0.3) is 0 Å². The number of rotatable bonds is 2. The Balaban J connectivity index is 2.13. The van der Waals surface area contributed by atoms with Crippen LogP contribution in [0, 0.1) is 0 Å². The summed E-state index contributed by atoms with van der Waals surface area (Å²) >= 11 is 0. The van der Waals surface area contributed by atoms with Crippen molar-refractivity contribution >= 4 is 5.69 Å². The van der Waals surface area contributed by atoms with Crippen molar-refractivity contribution in [1.82, 2.24) is 4.98 Å². The maximum Gasteiger partial charge on any atom is 0.0931 e. The molecule has 2 rings (SSSR count). The van der Waals surface area contributed by atoms with E-state index in [2.05, 4.69) is 9.88 Å². The van der Waals surface area contributed by atoms with Gasteiger partial charge in [0.2, 0.25) is 0 Å². The van der Waals surface area contributed by atoms with Gasteiger partial charge in [0.1, 0.15) is 0 Å². The van der Waals surface area contributed by atoms with Gasteiger partial charge in [0, 0.05) is 13.1 Å². The van der Waals surface area contributed by atoms with Gasteiger partial charge in [-0.15, -0.1) is 0 Å². The number of aromatic nitrogens is 1. The molecule has 0 spiro atoms. The first-order valence-corrected chi connectivity index (χ1v) is 4.66. The van der Waals surface area contributed by atoms with Crippen molar-refractivity contribution in [3.05, 3.63) is 24.0 Å². The van der Waals surface area contributed by atoms with E-state index in [1.807, 2.05) is 18.3 Å². The van der Waals surface area contributed by atoms with E-state index in [9.17, 15) is 5.11 Å². The normalized spacial score (nSPS) is 18.2. The molecule has 1 saturated heterocycles. The first kappa shape index (κ1) is 8.51. The van der Waals surface area contributed by atoms with Crippen LogP contribution >= 0.6 is 0 Å². The molecule has 0 unspecified atom stereocenters. The zero-order valence-electron chi connectivity index (χ0n) is 7.77. The van der Waals surface area contributed by atoms with E-state index < -0.39 is 6.10 Å². The molecule has 1 aromatic rings. The molecule has 1 N–H and O–H groups in total. The average Bonchev–Trinajstić information content (AvgIpc) is 2.02. The molecular weight excluding hydrogens is 164 g/mol. The number of nitrogens with zero attached hydrogens (tertiary/aromatic N) is 2. The van der Waals surface area contributed by atoms with Gasteiger partial charge < -0.3 is 10.0 Å². The van der Waals surface area contributed by atoms with Gasteiger partial charge >= 0.3 is 0 Å². The maximum absolute atomic E-state index is 9.25. The summed E-state index contributed by atoms with van der Waals surface area (Å²) in [6.45, 7) is 4.00. The number of aliphatic hydroxyl groups excluding tert-OH is 1. The monoisotopic (exact) mass is 178 g/mol. The van der Waals surface area contributed by atoms with Gasteiger partial charge in [-0.05, 0) is 25.5 Å². The molecule has 13 heavy (non-hydrogen) atoms. The molecule has 3 nitrogen and oxygen atoms in total. The summed E-state index contributed by atoms with van der Waals surface area (Å²) in [7, 11) is 0. The summed E-state index contributed by atoms with van der Waals surface area (Å²) in [5.74, 6) is 0. The average molecular weight is 178 g/mol. The standard InChI is InChI=1S/C10H14N2O/c1-8(13)10-4-3-9(7-11-10)12-5-2-6-12/h3-4,7-8,13H,2,5-6H2,1H3/t8-/m0/s1. The summed E-state index contributed by atoms with van der Waals surface area (Å²) in [5.41, 5.74) is 1.90. The second kappa shape index (κ2) is 3.34. The molecule has 70 valence electrons. The molecule has 0 amide bonds. The topological polar surface area (TPSA) is 36.4 Å². The number of pyridine rings is 1. The van der Waals surface area contributed by atoms with E-state index in [0.717, 1.165) is 24.5 Å². The van der Waals surface area contributed by atoms with Crippen molar-refractivity contribution in [3.63, 3.8) is 0 Å². The summed E-state index contributed by atoms with van der Waals surface area (Å²) in [5, 5.41) is 9.25. The van der Waals surface area contributed by atoms with Crippen LogP contribution in [0.25, 0.3) is 0 Å². The maximum atomic E-state index is 9.25. The third kappa shape index (κ3) is 1.65. The van der Waals surface area contributed by atoms with Crippen molar-refractivity contribution in [2.24, 2.45) is 0 Å². The minimum absolute atomic E-state index is 0.467. The third-order valence-electron chi connectivity index (χ3n) is 2.42. The van der Waals surface area contributed by atoms with E-state index in [4.69, 9.17) is 0 Å². The number of hydrogen-bond donors (Lipinski definition) is 1. The Morgan fingerprint density at radius 3 is 2.62 bits per heavy atom. The van der Waals surface area contributed by atoms with Crippen molar-refractivity contribution < 1.29 is 5.11 Å². The molecule has 0 bridgehead atoms. The lowest BCUT2D eigenvalue weighted by Gasteiger charge is -2.32. The van der Waals surface area contributed by atoms with E-state index in [1.54, 1.807) is 6.92 Å². The van der Waals surface area contributed by atoms with Gasteiger partial charge in [-0.1, -0.05) is 0 Å². The Bertz CT molecular complexity index is 277. The van der Waals surface area contributed by atoms with E-state index in [-0.39, 0.29) is 0 Å². The van der Waals surface area contributed by atoms with Crippen LogP contribution < -0.4 is 4.90 Å². The largest absolute Gasteiger partial charge is 0.387 e. The highest BCUT2D eigenvalue weighted by Gasteiger charge is 2.14. The first-order chi connectivity index (χ1) is 6.27. The first-order valence-electron chi connectivity index (χ1n) is 4.66. The van der Waals surface area contributed by atoms with Crippen LogP contribution in [0.15, 0.2) is 18.3 Å². The summed E-state index contributed by atoms with van der Waals surface area (Å²) in [6.07, 6.45) is 2.64. The Kier molecular flexibility index (Phi) is 2.19. The zero-order valence-corrected chi connectivity index (χ0v) is 7.77. The quantitative estimate of drug-likeness (QED) is 0.742. The highest BCUT2D eigenvalue weighted by molar-refractivity contribution is 5.46. The summed E-state index contributed by atoms with van der Waals surface area (Å²) in [6, 6.07) is 3.91. The Hall–Kier alpha value is -1.09. The van der Waals surface area contributed by atoms with Gasteiger partial charge in [-0.2, -0.15) is 0 Å². The lowest BCUT2D eigenvalue weighted by atomic mass is 10.2. The molecule has 2 heterocycles. The van der Waals surface area contributed by atoms with Gasteiger partial charge in [-0.25, -0.2) is 0 Å². The molecule has 1 atom stereocenters. The fourth-order valence-electron chi connectivity index (χ4n) is 1.41. The predicted octanol–water partition coefficient (Wildman–Crippen LogP) is 1.34. The highest BCUT2D eigenvalue weighted by atomic mass is 16.3. The second-order valence-electron chi connectivity index (χ2n) is 3.46. The fourth-order valence-corrected chi connectivity index (χ4v) is 1.41. The molecule has 1 aliphatic heterocycles.